The van der Waals surface area contributed by atoms with Gasteiger partial charge in [0.25, 0.3) is 5.91 Å². The van der Waals surface area contributed by atoms with Crippen LogP contribution in [0.15, 0.2) is 18.2 Å². The maximum Gasteiger partial charge on any atom is 0.416 e. The first kappa shape index (κ1) is 15.3. The van der Waals surface area contributed by atoms with Crippen LogP contribution in [0.25, 0.3) is 0 Å². The van der Waals surface area contributed by atoms with Crippen LogP contribution in [0.4, 0.5) is 18.9 Å². The normalized spacial score (nSPS) is 18.5. The molecule has 2 rings (SSSR count). The molecular weight excluding hydrogens is 291 g/mol. The first-order chi connectivity index (χ1) is 9.79. The van der Waals surface area contributed by atoms with Gasteiger partial charge >= 0.3 is 12.1 Å². The summed E-state index contributed by atoms with van der Waals surface area (Å²) >= 11 is 0. The molecule has 114 valence electrons. The van der Waals surface area contributed by atoms with Gasteiger partial charge in [-0.25, -0.2) is 4.79 Å². The third-order valence-electron chi connectivity index (χ3n) is 3.06. The molecule has 8 heteroatoms. The van der Waals surface area contributed by atoms with Gasteiger partial charge in [-0.15, -0.1) is 0 Å². The van der Waals surface area contributed by atoms with E-state index in [1.807, 2.05) is 0 Å². The standard InChI is InChI=1S/C13H12F3NO4/c14-13(15,16)7-3-4-8(12(19)20)9(6-7)17-11(18)10-2-1-5-21-10/h3-4,6,10H,1-2,5H2,(H,17,18)(H,19,20). The minimum Gasteiger partial charge on any atom is -0.478 e. The molecule has 5 nitrogen and oxygen atoms in total. The highest BCUT2D eigenvalue weighted by Gasteiger charge is 2.32. The van der Waals surface area contributed by atoms with E-state index in [9.17, 15) is 22.8 Å². The number of aromatic carboxylic acids is 1. The quantitative estimate of drug-likeness (QED) is 0.899. The van der Waals surface area contributed by atoms with Crippen LogP contribution in [-0.4, -0.2) is 29.7 Å². The lowest BCUT2D eigenvalue weighted by Gasteiger charge is -2.14. The number of carbonyl (C=O) groups is 2. The van der Waals surface area contributed by atoms with E-state index in [0.717, 1.165) is 6.07 Å². The zero-order valence-corrected chi connectivity index (χ0v) is 10.7. The number of carbonyl (C=O) groups excluding carboxylic acids is 1. The van der Waals surface area contributed by atoms with Crippen LogP contribution in [0.3, 0.4) is 0 Å². The maximum absolute atomic E-state index is 12.7. The lowest BCUT2D eigenvalue weighted by atomic mass is 10.1. The van der Waals surface area contributed by atoms with Crippen LogP contribution in [0.5, 0.6) is 0 Å². The fraction of sp³-hybridized carbons (Fsp3) is 0.385. The van der Waals surface area contributed by atoms with Crippen molar-refractivity contribution in [1.29, 1.82) is 0 Å². The molecule has 1 aromatic rings. The molecule has 1 unspecified atom stereocenters. The maximum atomic E-state index is 12.7. The monoisotopic (exact) mass is 303 g/mol. The van der Waals surface area contributed by atoms with E-state index in [1.54, 1.807) is 0 Å². The molecule has 2 N–H and O–H groups in total. The minimum absolute atomic E-state index is 0.391. The molecule has 1 aliphatic rings. The molecular formula is C13H12F3NO4. The summed E-state index contributed by atoms with van der Waals surface area (Å²) in [5, 5.41) is 11.2. The van der Waals surface area contributed by atoms with E-state index in [0.29, 0.717) is 31.6 Å². The van der Waals surface area contributed by atoms with Crippen LogP contribution < -0.4 is 5.32 Å². The first-order valence-electron chi connectivity index (χ1n) is 6.16. The van der Waals surface area contributed by atoms with Crippen molar-refractivity contribution in [2.45, 2.75) is 25.1 Å². The molecule has 1 heterocycles. The number of carboxylic acid groups (broad SMARTS) is 1. The van der Waals surface area contributed by atoms with Crippen LogP contribution >= 0.6 is 0 Å². The molecule has 0 aromatic heterocycles. The number of amides is 1. The summed E-state index contributed by atoms with van der Waals surface area (Å²) in [6.45, 7) is 0.395. The predicted molar refractivity (Wildman–Crippen MR) is 66.0 cm³/mol. The van der Waals surface area contributed by atoms with E-state index >= 15 is 0 Å². The Morgan fingerprint density at radius 3 is 2.57 bits per heavy atom. The highest BCUT2D eigenvalue weighted by atomic mass is 19.4. The number of halogens is 3. The number of nitrogens with one attached hydrogen (secondary N) is 1. The van der Waals surface area contributed by atoms with Gasteiger partial charge in [-0.3, -0.25) is 4.79 Å². The van der Waals surface area contributed by atoms with Crippen LogP contribution in [0.2, 0.25) is 0 Å². The second-order valence-electron chi connectivity index (χ2n) is 4.55. The molecule has 0 saturated carbocycles. The average Bonchev–Trinajstić information content (AvgIpc) is 2.91. The van der Waals surface area contributed by atoms with E-state index in [-0.39, 0.29) is 0 Å². The second kappa shape index (κ2) is 5.72. The smallest absolute Gasteiger partial charge is 0.416 e. The number of alkyl halides is 3. The van der Waals surface area contributed by atoms with Gasteiger partial charge in [0.2, 0.25) is 0 Å². The van der Waals surface area contributed by atoms with Crippen molar-refractivity contribution >= 4 is 17.6 Å². The number of rotatable bonds is 3. The summed E-state index contributed by atoms with van der Waals surface area (Å²) in [6, 6.07) is 2.08. The van der Waals surface area contributed by atoms with Gasteiger partial charge in [0.15, 0.2) is 0 Å². The Morgan fingerprint density at radius 2 is 2.05 bits per heavy atom. The van der Waals surface area contributed by atoms with Gasteiger partial charge in [-0.1, -0.05) is 0 Å². The first-order valence-corrected chi connectivity index (χ1v) is 6.16. The average molecular weight is 303 g/mol. The highest BCUT2D eigenvalue weighted by molar-refractivity contribution is 6.02. The molecule has 1 aromatic carbocycles. The number of anilines is 1. The summed E-state index contributed by atoms with van der Waals surface area (Å²) in [5.41, 5.74) is -1.83. The SMILES string of the molecule is O=C(O)c1ccc(C(F)(F)F)cc1NC(=O)C1CCCO1. The van der Waals surface area contributed by atoms with Gasteiger partial charge in [0, 0.05) is 6.61 Å². The van der Waals surface area contributed by atoms with Gasteiger partial charge in [0.1, 0.15) is 6.10 Å². The molecule has 0 aliphatic carbocycles. The molecule has 1 amide bonds. The number of carboxylic acids is 1. The second-order valence-corrected chi connectivity index (χ2v) is 4.55. The lowest BCUT2D eigenvalue weighted by Crippen LogP contribution is -2.28. The Kier molecular flexibility index (Phi) is 4.17. The van der Waals surface area contributed by atoms with E-state index in [4.69, 9.17) is 9.84 Å². The summed E-state index contributed by atoms with van der Waals surface area (Å²) < 4.78 is 43.1. The predicted octanol–water partition coefficient (Wildman–Crippen LogP) is 2.52. The number of hydrogen-bond donors (Lipinski definition) is 2. The van der Waals surface area contributed by atoms with Gasteiger partial charge in [-0.05, 0) is 31.0 Å². The summed E-state index contributed by atoms with van der Waals surface area (Å²) in [6.07, 6.45) is -4.26. The summed E-state index contributed by atoms with van der Waals surface area (Å²) in [7, 11) is 0. The Balaban J connectivity index is 2.30. The lowest BCUT2D eigenvalue weighted by molar-refractivity contribution is -0.137. The summed E-state index contributed by atoms with van der Waals surface area (Å²) in [4.78, 5) is 22.9. The molecule has 21 heavy (non-hydrogen) atoms. The fourth-order valence-electron chi connectivity index (χ4n) is 2.01. The molecule has 0 bridgehead atoms. The summed E-state index contributed by atoms with van der Waals surface area (Å²) in [5.74, 6) is -2.07. The van der Waals surface area contributed by atoms with Crippen molar-refractivity contribution in [3.63, 3.8) is 0 Å². The highest BCUT2D eigenvalue weighted by Crippen LogP contribution is 2.32. The van der Waals surface area contributed by atoms with Crippen molar-refractivity contribution in [1.82, 2.24) is 0 Å². The number of ether oxygens (including phenoxy) is 1. The van der Waals surface area contributed by atoms with Crippen molar-refractivity contribution in [3.05, 3.63) is 29.3 Å². The Bertz CT molecular complexity index is 565. The van der Waals surface area contributed by atoms with Crippen molar-refractivity contribution in [2.24, 2.45) is 0 Å². The molecule has 0 radical (unpaired) electrons. The molecule has 1 aliphatic heterocycles. The van der Waals surface area contributed by atoms with Gasteiger partial charge < -0.3 is 15.2 Å². The van der Waals surface area contributed by atoms with Crippen LogP contribution in [0.1, 0.15) is 28.8 Å². The largest absolute Gasteiger partial charge is 0.478 e. The zero-order chi connectivity index (χ0) is 15.6. The van der Waals surface area contributed by atoms with E-state index < -0.39 is 41.0 Å². The molecule has 1 fully saturated rings. The third-order valence-corrected chi connectivity index (χ3v) is 3.06. The Labute approximate surface area is 117 Å². The zero-order valence-electron chi connectivity index (χ0n) is 10.7. The molecule has 0 spiro atoms. The van der Waals surface area contributed by atoms with Gasteiger partial charge in [-0.2, -0.15) is 13.2 Å². The number of hydrogen-bond acceptors (Lipinski definition) is 3. The molecule has 1 saturated heterocycles. The van der Waals surface area contributed by atoms with Crippen molar-refractivity contribution < 1.29 is 32.6 Å². The fourth-order valence-corrected chi connectivity index (χ4v) is 2.01. The van der Waals surface area contributed by atoms with Crippen molar-refractivity contribution in [3.8, 4) is 0 Å². The van der Waals surface area contributed by atoms with E-state index in [2.05, 4.69) is 5.32 Å². The van der Waals surface area contributed by atoms with Crippen LogP contribution in [-0.2, 0) is 15.7 Å². The third kappa shape index (κ3) is 3.52. The Morgan fingerprint density at radius 1 is 1.33 bits per heavy atom. The van der Waals surface area contributed by atoms with E-state index in [1.165, 1.54) is 0 Å². The van der Waals surface area contributed by atoms with Crippen LogP contribution in [0, 0.1) is 0 Å². The van der Waals surface area contributed by atoms with Gasteiger partial charge in [0.05, 0.1) is 16.8 Å². The topological polar surface area (TPSA) is 75.6 Å². The Hall–Kier alpha value is -2.09. The molecule has 1 atom stereocenters. The minimum atomic E-state index is -4.62. The number of benzene rings is 1. The van der Waals surface area contributed by atoms with Crippen molar-refractivity contribution in [2.75, 3.05) is 11.9 Å².